The third kappa shape index (κ3) is 2.98. The highest BCUT2D eigenvalue weighted by molar-refractivity contribution is 7.91. The molecule has 0 unspecified atom stereocenters. The molecule has 0 aromatic carbocycles. The Morgan fingerprint density at radius 3 is 2.47 bits per heavy atom. The molecule has 3 N–H and O–H groups in total. The van der Waals surface area contributed by atoms with E-state index in [-0.39, 0.29) is 16.4 Å². The van der Waals surface area contributed by atoms with E-state index in [0.717, 1.165) is 24.0 Å². The fourth-order valence-electron chi connectivity index (χ4n) is 1.41. The van der Waals surface area contributed by atoms with Crippen LogP contribution in [0.15, 0.2) is 4.90 Å². The average molecular weight is 276 g/mol. The monoisotopic (exact) mass is 276 g/mol. The van der Waals surface area contributed by atoms with Crippen LogP contribution in [0.1, 0.15) is 29.9 Å². The normalized spacial score (nSPS) is 11.5. The molecule has 0 aliphatic heterocycles. The molecule has 1 heterocycles. The van der Waals surface area contributed by atoms with Crippen molar-refractivity contribution in [2.24, 2.45) is 0 Å². The first-order valence-corrected chi connectivity index (χ1v) is 7.87. The second-order valence-corrected chi connectivity index (χ2v) is 6.73. The summed E-state index contributed by atoms with van der Waals surface area (Å²) in [7, 11) is -3.44. The van der Waals surface area contributed by atoms with Crippen LogP contribution >= 0.6 is 11.3 Å². The topological polar surface area (TPSA) is 89.3 Å². The number of carbonyl (C=O) groups excluding carboxylic acids is 1. The molecular formula is C10H16N2O3S2. The van der Waals surface area contributed by atoms with Crippen LogP contribution in [0.4, 0.5) is 10.7 Å². The van der Waals surface area contributed by atoms with Gasteiger partial charge in [-0.15, -0.1) is 11.3 Å². The van der Waals surface area contributed by atoms with Gasteiger partial charge in [-0.3, -0.25) is 4.79 Å². The maximum absolute atomic E-state index is 11.6. The second kappa shape index (κ2) is 5.05. The minimum Gasteiger partial charge on any atom is -0.396 e. The maximum atomic E-state index is 11.6. The lowest BCUT2D eigenvalue weighted by Gasteiger charge is -2.04. The van der Waals surface area contributed by atoms with Crippen LogP contribution in [0, 0.1) is 0 Å². The van der Waals surface area contributed by atoms with E-state index in [4.69, 9.17) is 5.73 Å². The molecule has 0 radical (unpaired) electrons. The van der Waals surface area contributed by atoms with E-state index >= 15 is 0 Å². The Morgan fingerprint density at radius 1 is 1.47 bits per heavy atom. The predicted octanol–water partition coefficient (Wildman–Crippen LogP) is 1.76. The first kappa shape index (κ1) is 14.0. The Balaban J connectivity index is 3.38. The van der Waals surface area contributed by atoms with Gasteiger partial charge in [0, 0.05) is 19.7 Å². The number of nitrogens with two attached hydrogens (primary N) is 1. The molecule has 17 heavy (non-hydrogen) atoms. The van der Waals surface area contributed by atoms with Crippen molar-refractivity contribution in [2.75, 3.05) is 23.9 Å². The minimum atomic E-state index is -3.44. The zero-order chi connectivity index (χ0) is 13.2. The molecular weight excluding hydrogens is 260 g/mol. The smallest absolute Gasteiger partial charge is 0.180 e. The number of hydrogen-bond donors (Lipinski definition) is 2. The van der Waals surface area contributed by atoms with Crippen LogP contribution in [0.2, 0.25) is 0 Å². The van der Waals surface area contributed by atoms with E-state index in [0.29, 0.717) is 16.4 Å². The minimum absolute atomic E-state index is 0.0427. The molecule has 0 fully saturated rings. The molecule has 7 heteroatoms. The Kier molecular flexibility index (Phi) is 4.16. The Morgan fingerprint density at radius 2 is 2.06 bits per heavy atom. The maximum Gasteiger partial charge on any atom is 0.180 e. The van der Waals surface area contributed by atoms with Crippen molar-refractivity contribution in [3.63, 3.8) is 0 Å². The molecule has 0 amide bonds. The van der Waals surface area contributed by atoms with Gasteiger partial charge in [0.2, 0.25) is 0 Å². The summed E-state index contributed by atoms with van der Waals surface area (Å²) in [6.45, 7) is 3.98. The van der Waals surface area contributed by atoms with Crippen LogP contribution in [-0.2, 0) is 9.84 Å². The number of carbonyl (C=O) groups is 1. The van der Waals surface area contributed by atoms with Gasteiger partial charge in [0.25, 0.3) is 0 Å². The summed E-state index contributed by atoms with van der Waals surface area (Å²) >= 11 is 1.10. The quantitative estimate of drug-likeness (QED) is 0.800. The molecule has 0 saturated carbocycles. The Labute approximate surface area is 105 Å². The van der Waals surface area contributed by atoms with Gasteiger partial charge in [-0.25, -0.2) is 8.42 Å². The van der Waals surface area contributed by atoms with Gasteiger partial charge in [0.05, 0.1) is 10.6 Å². The zero-order valence-corrected chi connectivity index (χ0v) is 11.7. The molecule has 0 atom stereocenters. The van der Waals surface area contributed by atoms with Gasteiger partial charge in [0.15, 0.2) is 15.6 Å². The van der Waals surface area contributed by atoms with Gasteiger partial charge in [-0.05, 0) is 6.42 Å². The predicted molar refractivity (Wildman–Crippen MR) is 70.6 cm³/mol. The third-order valence-electron chi connectivity index (χ3n) is 2.13. The summed E-state index contributed by atoms with van der Waals surface area (Å²) in [6, 6.07) is 0. The first-order chi connectivity index (χ1) is 7.79. The number of ketones is 1. The lowest BCUT2D eigenvalue weighted by Crippen LogP contribution is -2.06. The van der Waals surface area contributed by atoms with Crippen LogP contribution in [0.25, 0.3) is 0 Å². The SMILES string of the molecule is CCCNc1sc(C(C)=O)c(N)c1S(C)(=O)=O. The number of nitrogens with one attached hydrogen (secondary N) is 1. The Hall–Kier alpha value is -1.08. The molecule has 0 aliphatic rings. The summed E-state index contributed by atoms with van der Waals surface area (Å²) in [6.07, 6.45) is 1.95. The van der Waals surface area contributed by atoms with E-state index in [1.807, 2.05) is 6.92 Å². The van der Waals surface area contributed by atoms with Gasteiger partial charge in [-0.2, -0.15) is 0 Å². The Bertz CT molecular complexity index is 532. The van der Waals surface area contributed by atoms with Crippen LogP contribution in [0.3, 0.4) is 0 Å². The van der Waals surface area contributed by atoms with E-state index in [2.05, 4.69) is 5.32 Å². The molecule has 0 spiro atoms. The van der Waals surface area contributed by atoms with Crippen molar-refractivity contribution < 1.29 is 13.2 Å². The van der Waals surface area contributed by atoms with Crippen molar-refractivity contribution >= 4 is 37.6 Å². The van der Waals surface area contributed by atoms with E-state index in [9.17, 15) is 13.2 Å². The zero-order valence-electron chi connectivity index (χ0n) is 10.0. The van der Waals surface area contributed by atoms with Gasteiger partial charge < -0.3 is 11.1 Å². The number of rotatable bonds is 5. The summed E-state index contributed by atoms with van der Waals surface area (Å²) in [5, 5.41) is 3.45. The number of anilines is 2. The van der Waals surface area contributed by atoms with Crippen molar-refractivity contribution in [3.05, 3.63) is 4.88 Å². The highest BCUT2D eigenvalue weighted by Gasteiger charge is 2.25. The van der Waals surface area contributed by atoms with E-state index in [1.165, 1.54) is 6.92 Å². The average Bonchev–Trinajstić information content (AvgIpc) is 2.51. The fourth-order valence-corrected chi connectivity index (χ4v) is 3.90. The fraction of sp³-hybridized carbons (Fsp3) is 0.500. The molecule has 0 bridgehead atoms. The van der Waals surface area contributed by atoms with Crippen molar-refractivity contribution in [3.8, 4) is 0 Å². The summed E-state index contributed by atoms with van der Waals surface area (Å²) in [5.41, 5.74) is 5.79. The summed E-state index contributed by atoms with van der Waals surface area (Å²) in [5.74, 6) is -0.220. The lowest BCUT2D eigenvalue weighted by atomic mass is 10.3. The number of nitrogen functional groups attached to an aromatic ring is 1. The molecule has 1 aromatic heterocycles. The van der Waals surface area contributed by atoms with E-state index < -0.39 is 9.84 Å². The first-order valence-electron chi connectivity index (χ1n) is 5.16. The largest absolute Gasteiger partial charge is 0.396 e. The van der Waals surface area contributed by atoms with Crippen molar-refractivity contribution in [1.82, 2.24) is 0 Å². The van der Waals surface area contributed by atoms with E-state index in [1.54, 1.807) is 0 Å². The summed E-state index contributed by atoms with van der Waals surface area (Å²) in [4.78, 5) is 11.7. The highest BCUT2D eigenvalue weighted by atomic mass is 32.2. The lowest BCUT2D eigenvalue weighted by molar-refractivity contribution is 0.102. The van der Waals surface area contributed by atoms with Crippen LogP contribution in [-0.4, -0.2) is 27.0 Å². The van der Waals surface area contributed by atoms with Gasteiger partial charge in [0.1, 0.15) is 9.90 Å². The van der Waals surface area contributed by atoms with Crippen LogP contribution < -0.4 is 11.1 Å². The molecule has 0 saturated heterocycles. The molecule has 96 valence electrons. The molecule has 1 rings (SSSR count). The van der Waals surface area contributed by atoms with Gasteiger partial charge >= 0.3 is 0 Å². The van der Waals surface area contributed by atoms with Crippen LogP contribution in [0.5, 0.6) is 0 Å². The number of Topliss-reactive ketones (excluding diaryl/α,β-unsaturated/α-hetero) is 1. The number of hydrogen-bond acceptors (Lipinski definition) is 6. The molecule has 5 nitrogen and oxygen atoms in total. The second-order valence-electron chi connectivity index (χ2n) is 3.76. The molecule has 0 aliphatic carbocycles. The van der Waals surface area contributed by atoms with Gasteiger partial charge in [-0.1, -0.05) is 6.92 Å². The number of thiophene rings is 1. The number of sulfone groups is 1. The van der Waals surface area contributed by atoms with Crippen molar-refractivity contribution in [2.45, 2.75) is 25.2 Å². The van der Waals surface area contributed by atoms with Crippen molar-refractivity contribution in [1.29, 1.82) is 0 Å². The molecule has 1 aromatic rings. The third-order valence-corrected chi connectivity index (χ3v) is 4.68. The summed E-state index contributed by atoms with van der Waals surface area (Å²) < 4.78 is 23.3. The standard InChI is InChI=1S/C10H16N2O3S2/c1-4-5-12-10-9(17(3,14)15)7(11)8(16-10)6(2)13/h12H,4-5,11H2,1-3H3. The highest BCUT2D eigenvalue weighted by Crippen LogP contribution is 2.39.